The number of aryl methyl sites for hydroxylation is 2. The summed E-state index contributed by atoms with van der Waals surface area (Å²) in [6.45, 7) is 7.55. The fraction of sp³-hybridized carbons (Fsp3) is 0.250. The van der Waals surface area contributed by atoms with Crippen molar-refractivity contribution in [3.8, 4) is 28.2 Å². The van der Waals surface area contributed by atoms with E-state index in [1.807, 2.05) is 33.8 Å². The lowest BCUT2D eigenvalue weighted by Crippen LogP contribution is -2.18. The van der Waals surface area contributed by atoms with E-state index >= 15 is 0 Å². The average Bonchev–Trinajstić information content (AvgIpc) is 3.26. The topological polar surface area (TPSA) is 77.5 Å². The second-order valence-electron chi connectivity index (χ2n) is 7.60. The quantitative estimate of drug-likeness (QED) is 0.449. The summed E-state index contributed by atoms with van der Waals surface area (Å²) in [6, 6.07) is 9.47. The lowest BCUT2D eigenvalue weighted by molar-refractivity contribution is 0.0964. The third kappa shape index (κ3) is 3.67. The molecule has 4 aromatic rings. The Kier molecular flexibility index (Phi) is 5.27. The fourth-order valence-corrected chi connectivity index (χ4v) is 3.69. The molecule has 0 fully saturated rings. The molecule has 0 spiro atoms. The number of halogens is 1. The molecule has 0 aliphatic heterocycles. The van der Waals surface area contributed by atoms with Gasteiger partial charge < -0.3 is 19.0 Å². The number of furan rings is 1. The first kappa shape index (κ1) is 20.7. The minimum Gasteiger partial charge on any atom is -0.490 e. The van der Waals surface area contributed by atoms with Gasteiger partial charge in [-0.2, -0.15) is 0 Å². The van der Waals surface area contributed by atoms with Gasteiger partial charge in [0.15, 0.2) is 0 Å². The normalized spacial score (nSPS) is 11.3. The number of aromatic nitrogens is 1. The molecule has 0 saturated carbocycles. The van der Waals surface area contributed by atoms with Gasteiger partial charge >= 0.3 is 0 Å². The molecule has 0 aliphatic carbocycles. The molecule has 0 aliphatic rings. The zero-order chi connectivity index (χ0) is 22.3. The number of nitrogens with zero attached hydrogens (tertiary/aromatic N) is 1. The SMILES string of the molecule is CNC(=O)c1c(-c2ccc(F)cc2)oc2cc(-c3c(C)noc3C)c(OC(C)C)cc12. The van der Waals surface area contributed by atoms with Crippen LogP contribution in [0.5, 0.6) is 5.75 Å². The van der Waals surface area contributed by atoms with E-state index in [0.29, 0.717) is 39.4 Å². The fourth-order valence-electron chi connectivity index (χ4n) is 3.69. The maximum atomic E-state index is 13.5. The lowest BCUT2D eigenvalue weighted by Gasteiger charge is -2.14. The highest BCUT2D eigenvalue weighted by atomic mass is 19.1. The van der Waals surface area contributed by atoms with Gasteiger partial charge in [-0.05, 0) is 64.1 Å². The van der Waals surface area contributed by atoms with Crippen LogP contribution in [0, 0.1) is 19.7 Å². The van der Waals surface area contributed by atoms with Crippen LogP contribution in [0.15, 0.2) is 45.3 Å². The molecule has 0 bridgehead atoms. The van der Waals surface area contributed by atoms with Crippen LogP contribution in [0.1, 0.15) is 35.7 Å². The van der Waals surface area contributed by atoms with Crippen LogP contribution in [0.25, 0.3) is 33.4 Å². The van der Waals surface area contributed by atoms with Crippen LogP contribution in [0.2, 0.25) is 0 Å². The van der Waals surface area contributed by atoms with Gasteiger partial charge in [-0.1, -0.05) is 5.16 Å². The van der Waals surface area contributed by atoms with Crippen molar-refractivity contribution in [2.75, 3.05) is 7.05 Å². The highest BCUT2D eigenvalue weighted by Crippen LogP contribution is 2.42. The second kappa shape index (κ2) is 7.91. The standard InChI is InChI=1S/C24H23FN2O4/c1-12(2)29-19-11-18-20(10-17(19)21-13(3)27-31-14(21)4)30-23(22(18)24(28)26-5)15-6-8-16(25)9-7-15/h6-12H,1-5H3,(H,26,28). The first-order valence-corrected chi connectivity index (χ1v) is 9.98. The van der Waals surface area contributed by atoms with Crippen molar-refractivity contribution in [1.82, 2.24) is 10.5 Å². The molecule has 31 heavy (non-hydrogen) atoms. The number of nitrogens with one attached hydrogen (secondary N) is 1. The monoisotopic (exact) mass is 422 g/mol. The number of fused-ring (bicyclic) bond motifs is 1. The molecule has 2 heterocycles. The van der Waals surface area contributed by atoms with Gasteiger partial charge in [0, 0.05) is 23.6 Å². The number of rotatable bonds is 5. The maximum absolute atomic E-state index is 13.5. The molecule has 6 nitrogen and oxygen atoms in total. The number of ether oxygens (including phenoxy) is 1. The van der Waals surface area contributed by atoms with E-state index in [2.05, 4.69) is 10.5 Å². The van der Waals surface area contributed by atoms with Gasteiger partial charge in [0.05, 0.1) is 22.9 Å². The van der Waals surface area contributed by atoms with Crippen LogP contribution < -0.4 is 10.1 Å². The number of hydrogen-bond acceptors (Lipinski definition) is 5. The van der Waals surface area contributed by atoms with Crippen LogP contribution in [0.3, 0.4) is 0 Å². The second-order valence-corrected chi connectivity index (χ2v) is 7.60. The van der Waals surface area contributed by atoms with E-state index in [-0.39, 0.29) is 17.8 Å². The van der Waals surface area contributed by atoms with Gasteiger partial charge in [-0.15, -0.1) is 0 Å². The molecule has 1 N–H and O–H groups in total. The Morgan fingerprint density at radius 2 is 1.87 bits per heavy atom. The van der Waals surface area contributed by atoms with E-state index in [1.54, 1.807) is 25.2 Å². The van der Waals surface area contributed by atoms with Crippen molar-refractivity contribution in [1.29, 1.82) is 0 Å². The van der Waals surface area contributed by atoms with Gasteiger partial charge in [-0.25, -0.2) is 4.39 Å². The summed E-state index contributed by atoms with van der Waals surface area (Å²) in [5.74, 6) is 0.935. The summed E-state index contributed by atoms with van der Waals surface area (Å²) in [4.78, 5) is 12.8. The summed E-state index contributed by atoms with van der Waals surface area (Å²) in [6.07, 6.45) is -0.0939. The summed E-state index contributed by atoms with van der Waals surface area (Å²) < 4.78 is 31.0. The van der Waals surface area contributed by atoms with Gasteiger partial charge in [0.2, 0.25) is 0 Å². The Morgan fingerprint density at radius 3 is 2.45 bits per heavy atom. The van der Waals surface area contributed by atoms with Crippen molar-refractivity contribution >= 4 is 16.9 Å². The van der Waals surface area contributed by atoms with Crippen molar-refractivity contribution in [2.45, 2.75) is 33.8 Å². The van der Waals surface area contributed by atoms with E-state index in [0.717, 1.165) is 16.8 Å². The summed E-state index contributed by atoms with van der Waals surface area (Å²) in [7, 11) is 1.55. The molecule has 2 aromatic carbocycles. The largest absolute Gasteiger partial charge is 0.490 e. The maximum Gasteiger partial charge on any atom is 0.255 e. The van der Waals surface area contributed by atoms with Gasteiger partial charge in [0.1, 0.15) is 28.7 Å². The molecule has 0 radical (unpaired) electrons. The molecular formula is C24H23FN2O4. The molecular weight excluding hydrogens is 399 g/mol. The Labute approximate surface area is 179 Å². The van der Waals surface area contributed by atoms with Crippen molar-refractivity contribution < 1.29 is 22.9 Å². The Bertz CT molecular complexity index is 1250. The third-order valence-corrected chi connectivity index (χ3v) is 5.02. The minimum atomic E-state index is -0.366. The molecule has 0 unspecified atom stereocenters. The molecule has 1 amide bonds. The predicted molar refractivity (Wildman–Crippen MR) is 116 cm³/mol. The van der Waals surface area contributed by atoms with Crippen LogP contribution in [-0.2, 0) is 0 Å². The molecule has 0 saturated heterocycles. The molecule has 0 atom stereocenters. The molecule has 160 valence electrons. The first-order chi connectivity index (χ1) is 14.8. The summed E-state index contributed by atoms with van der Waals surface area (Å²) in [5.41, 5.74) is 3.77. The van der Waals surface area contributed by atoms with E-state index in [9.17, 15) is 9.18 Å². The smallest absolute Gasteiger partial charge is 0.255 e. The Balaban J connectivity index is 2.04. The van der Waals surface area contributed by atoms with Crippen LogP contribution in [-0.4, -0.2) is 24.2 Å². The van der Waals surface area contributed by atoms with Gasteiger partial charge in [0.25, 0.3) is 5.91 Å². The van der Waals surface area contributed by atoms with Crippen molar-refractivity contribution in [2.24, 2.45) is 0 Å². The van der Waals surface area contributed by atoms with Crippen molar-refractivity contribution in [3.63, 3.8) is 0 Å². The third-order valence-electron chi connectivity index (χ3n) is 5.02. The average molecular weight is 422 g/mol. The zero-order valence-corrected chi connectivity index (χ0v) is 18.0. The highest BCUT2D eigenvalue weighted by molar-refractivity contribution is 6.12. The minimum absolute atomic E-state index is 0.0939. The van der Waals surface area contributed by atoms with Crippen LogP contribution >= 0.6 is 0 Å². The molecule has 4 rings (SSSR count). The Hall–Kier alpha value is -3.61. The van der Waals surface area contributed by atoms with Crippen LogP contribution in [0.4, 0.5) is 4.39 Å². The summed E-state index contributed by atoms with van der Waals surface area (Å²) >= 11 is 0. The number of benzene rings is 2. The van der Waals surface area contributed by atoms with E-state index in [1.165, 1.54) is 12.1 Å². The molecule has 2 aromatic heterocycles. The highest BCUT2D eigenvalue weighted by Gasteiger charge is 2.25. The number of amides is 1. The van der Waals surface area contributed by atoms with E-state index < -0.39 is 0 Å². The van der Waals surface area contributed by atoms with Crippen molar-refractivity contribution in [3.05, 3.63) is 59.2 Å². The van der Waals surface area contributed by atoms with Gasteiger partial charge in [-0.3, -0.25) is 4.79 Å². The van der Waals surface area contributed by atoms with E-state index in [4.69, 9.17) is 13.7 Å². The zero-order valence-electron chi connectivity index (χ0n) is 18.0. The predicted octanol–water partition coefficient (Wildman–Crippen LogP) is 5.66. The lowest BCUT2D eigenvalue weighted by atomic mass is 9.99. The molecule has 7 heteroatoms. The number of hydrogen-bond donors (Lipinski definition) is 1. The summed E-state index contributed by atoms with van der Waals surface area (Å²) in [5, 5.41) is 7.32. The number of carbonyl (C=O) groups excluding carboxylic acids is 1. The Morgan fingerprint density at radius 1 is 1.16 bits per heavy atom. The first-order valence-electron chi connectivity index (χ1n) is 9.98. The number of carbonyl (C=O) groups is 1.